The molecule has 0 unspecified atom stereocenters. The van der Waals surface area contributed by atoms with Gasteiger partial charge in [0.2, 0.25) is 0 Å². The summed E-state index contributed by atoms with van der Waals surface area (Å²) in [6, 6.07) is 0.251. The zero-order valence-electron chi connectivity index (χ0n) is 11.2. The zero-order chi connectivity index (χ0) is 13.9. The number of amidine groups is 1. The van der Waals surface area contributed by atoms with E-state index in [1.54, 1.807) is 4.68 Å². The van der Waals surface area contributed by atoms with E-state index in [0.717, 1.165) is 11.3 Å². The van der Waals surface area contributed by atoms with Crippen LogP contribution in [0.25, 0.3) is 0 Å². The Hall–Kier alpha value is -1.27. The second-order valence-electron chi connectivity index (χ2n) is 4.57. The van der Waals surface area contributed by atoms with Crippen molar-refractivity contribution in [2.45, 2.75) is 33.4 Å². The van der Waals surface area contributed by atoms with E-state index in [1.165, 1.54) is 0 Å². The fraction of sp³-hybridized carbons (Fsp3) is 0.636. The highest BCUT2D eigenvalue weighted by Crippen LogP contribution is 2.21. The van der Waals surface area contributed by atoms with Crippen LogP contribution < -0.4 is 5.73 Å². The van der Waals surface area contributed by atoms with E-state index in [1.807, 2.05) is 27.8 Å². The number of oxime groups is 1. The van der Waals surface area contributed by atoms with Gasteiger partial charge in [-0.25, -0.2) is 0 Å². The molecule has 0 amide bonds. The van der Waals surface area contributed by atoms with Gasteiger partial charge >= 0.3 is 0 Å². The molecule has 1 heterocycles. The highest BCUT2D eigenvalue weighted by atomic mass is 35.5. The minimum atomic E-state index is 0.182. The molecule has 0 atom stereocenters. The minimum absolute atomic E-state index is 0.182. The fourth-order valence-corrected chi connectivity index (χ4v) is 1.95. The van der Waals surface area contributed by atoms with Crippen LogP contribution in [0.4, 0.5) is 0 Å². The lowest BCUT2D eigenvalue weighted by atomic mass is 10.2. The molecular weight excluding hydrogens is 254 g/mol. The topological polar surface area (TPSA) is 79.7 Å². The molecule has 1 aromatic heterocycles. The van der Waals surface area contributed by atoms with Crippen LogP contribution in [0, 0.1) is 6.92 Å². The number of aryl methyl sites for hydroxylation is 2. The summed E-state index contributed by atoms with van der Waals surface area (Å²) in [5.74, 6) is 0.182. The molecule has 7 heteroatoms. The van der Waals surface area contributed by atoms with E-state index in [2.05, 4.69) is 15.2 Å². The molecule has 1 aromatic rings. The minimum Gasteiger partial charge on any atom is -0.409 e. The smallest absolute Gasteiger partial charge is 0.153 e. The van der Waals surface area contributed by atoms with Crippen molar-refractivity contribution in [3.05, 3.63) is 16.4 Å². The highest BCUT2D eigenvalue weighted by molar-refractivity contribution is 6.30. The predicted octanol–water partition coefficient (Wildman–Crippen LogP) is 1.34. The van der Waals surface area contributed by atoms with Gasteiger partial charge in [0.25, 0.3) is 0 Å². The normalized spacial score (nSPS) is 12.7. The van der Waals surface area contributed by atoms with E-state index >= 15 is 0 Å². The maximum absolute atomic E-state index is 8.64. The summed E-state index contributed by atoms with van der Waals surface area (Å²) in [5, 5.41) is 16.5. The molecule has 6 nitrogen and oxygen atoms in total. The summed E-state index contributed by atoms with van der Waals surface area (Å²) in [5.41, 5.74) is 7.42. The van der Waals surface area contributed by atoms with E-state index < -0.39 is 0 Å². The van der Waals surface area contributed by atoms with Crippen molar-refractivity contribution < 1.29 is 5.21 Å². The summed E-state index contributed by atoms with van der Waals surface area (Å²) < 4.78 is 1.65. The van der Waals surface area contributed by atoms with Gasteiger partial charge in [-0.15, -0.1) is 0 Å². The van der Waals surface area contributed by atoms with Crippen molar-refractivity contribution >= 4 is 17.4 Å². The quantitative estimate of drug-likeness (QED) is 0.367. The third-order valence-corrected chi connectivity index (χ3v) is 3.33. The van der Waals surface area contributed by atoms with Crippen LogP contribution in [0.3, 0.4) is 0 Å². The van der Waals surface area contributed by atoms with Crippen molar-refractivity contribution in [1.82, 2.24) is 14.7 Å². The third-order valence-electron chi connectivity index (χ3n) is 2.85. The van der Waals surface area contributed by atoms with Gasteiger partial charge in [-0.05, 0) is 20.8 Å². The summed E-state index contributed by atoms with van der Waals surface area (Å²) in [7, 11) is 1.81. The predicted molar refractivity (Wildman–Crippen MR) is 71.9 cm³/mol. The van der Waals surface area contributed by atoms with Crippen LogP contribution in [-0.4, -0.2) is 38.3 Å². The summed E-state index contributed by atoms with van der Waals surface area (Å²) in [4.78, 5) is 2.06. The van der Waals surface area contributed by atoms with Crippen molar-refractivity contribution in [3.63, 3.8) is 0 Å². The van der Waals surface area contributed by atoms with Gasteiger partial charge < -0.3 is 10.9 Å². The largest absolute Gasteiger partial charge is 0.409 e. The van der Waals surface area contributed by atoms with Crippen molar-refractivity contribution in [2.24, 2.45) is 17.9 Å². The van der Waals surface area contributed by atoms with Crippen LogP contribution in [0.5, 0.6) is 0 Å². The van der Waals surface area contributed by atoms with Crippen LogP contribution in [0.1, 0.15) is 25.1 Å². The Labute approximate surface area is 112 Å². The molecule has 0 saturated heterocycles. The average Bonchev–Trinajstić information content (AvgIpc) is 2.54. The molecule has 0 fully saturated rings. The Bertz CT molecular complexity index is 441. The number of nitrogens with zero attached hydrogens (tertiary/aromatic N) is 4. The molecule has 3 N–H and O–H groups in total. The van der Waals surface area contributed by atoms with E-state index in [9.17, 15) is 0 Å². The summed E-state index contributed by atoms with van der Waals surface area (Å²) in [6.07, 6.45) is 0. The molecule has 0 aliphatic carbocycles. The van der Waals surface area contributed by atoms with Gasteiger partial charge in [-0.3, -0.25) is 9.58 Å². The number of hydrogen-bond donors (Lipinski definition) is 2. The van der Waals surface area contributed by atoms with Crippen LogP contribution in [-0.2, 0) is 13.6 Å². The van der Waals surface area contributed by atoms with E-state index in [-0.39, 0.29) is 11.9 Å². The second-order valence-corrected chi connectivity index (χ2v) is 4.93. The molecule has 0 aromatic carbocycles. The first-order valence-electron chi connectivity index (χ1n) is 5.75. The lowest BCUT2D eigenvalue weighted by Crippen LogP contribution is -2.38. The zero-order valence-corrected chi connectivity index (χ0v) is 11.9. The maximum atomic E-state index is 8.64. The van der Waals surface area contributed by atoms with E-state index in [0.29, 0.717) is 18.2 Å². The van der Waals surface area contributed by atoms with Gasteiger partial charge in [0, 0.05) is 25.2 Å². The number of aromatic nitrogens is 2. The molecule has 0 bridgehead atoms. The fourth-order valence-electron chi connectivity index (χ4n) is 1.72. The van der Waals surface area contributed by atoms with Gasteiger partial charge in [0.15, 0.2) is 5.84 Å². The van der Waals surface area contributed by atoms with Crippen LogP contribution in [0.15, 0.2) is 5.16 Å². The third kappa shape index (κ3) is 3.36. The standard InChI is InChI=1S/C11H20ClN5O/c1-7(2)17(6-10(13)15-18)5-9-8(3)14-16(4)11(9)12/h7,18H,5-6H2,1-4H3,(H2,13,15). The van der Waals surface area contributed by atoms with Crippen molar-refractivity contribution in [2.75, 3.05) is 6.54 Å². The average molecular weight is 274 g/mol. The van der Waals surface area contributed by atoms with Crippen LogP contribution in [0.2, 0.25) is 5.15 Å². The van der Waals surface area contributed by atoms with Gasteiger partial charge in [0.1, 0.15) is 5.15 Å². The molecule has 102 valence electrons. The van der Waals surface area contributed by atoms with E-state index in [4.69, 9.17) is 22.5 Å². The lowest BCUT2D eigenvalue weighted by Gasteiger charge is -2.25. The Morgan fingerprint density at radius 3 is 2.61 bits per heavy atom. The number of nitrogens with two attached hydrogens (primary N) is 1. The highest BCUT2D eigenvalue weighted by Gasteiger charge is 2.18. The van der Waals surface area contributed by atoms with Gasteiger partial charge in [0.05, 0.1) is 12.2 Å². The van der Waals surface area contributed by atoms with Crippen LogP contribution >= 0.6 is 11.6 Å². The Morgan fingerprint density at radius 1 is 1.61 bits per heavy atom. The Kier molecular flexibility index (Phi) is 4.98. The number of halogens is 1. The number of hydrogen-bond acceptors (Lipinski definition) is 4. The molecule has 0 aliphatic rings. The van der Waals surface area contributed by atoms with Crippen molar-refractivity contribution in [1.29, 1.82) is 0 Å². The molecule has 0 aliphatic heterocycles. The molecule has 0 radical (unpaired) electrons. The SMILES string of the molecule is Cc1nn(C)c(Cl)c1CN(CC(N)=NO)C(C)C. The summed E-state index contributed by atoms with van der Waals surface area (Å²) >= 11 is 6.20. The molecule has 0 saturated carbocycles. The molecular formula is C11H20ClN5O. The summed E-state index contributed by atoms with van der Waals surface area (Å²) in [6.45, 7) is 7.02. The first kappa shape index (κ1) is 14.8. The monoisotopic (exact) mass is 273 g/mol. The molecule has 0 spiro atoms. The lowest BCUT2D eigenvalue weighted by molar-refractivity contribution is 0.238. The second kappa shape index (κ2) is 6.06. The first-order chi connectivity index (χ1) is 8.36. The Balaban J connectivity index is 2.90. The Morgan fingerprint density at radius 2 is 2.22 bits per heavy atom. The maximum Gasteiger partial charge on any atom is 0.153 e. The van der Waals surface area contributed by atoms with Crippen molar-refractivity contribution in [3.8, 4) is 0 Å². The van der Waals surface area contributed by atoms with Gasteiger partial charge in [-0.2, -0.15) is 5.10 Å². The van der Waals surface area contributed by atoms with Gasteiger partial charge in [-0.1, -0.05) is 16.8 Å². The molecule has 1 rings (SSSR count). The number of rotatable bonds is 5. The molecule has 18 heavy (non-hydrogen) atoms. The first-order valence-corrected chi connectivity index (χ1v) is 6.13.